The van der Waals surface area contributed by atoms with Crippen LogP contribution in [0.3, 0.4) is 0 Å². The molecule has 0 aromatic heterocycles. The van der Waals surface area contributed by atoms with Gasteiger partial charge in [0.15, 0.2) is 0 Å². The standard InChI is InChI=1S/C17H32N2/c1-12(2)19-10-14-7-5-8-15(11-19)17(14)18-16-9-4-6-13(16)3/h12-18H,4-11H2,1-3H3. The van der Waals surface area contributed by atoms with Gasteiger partial charge in [-0.05, 0) is 57.3 Å². The molecule has 0 aromatic rings. The van der Waals surface area contributed by atoms with Crippen molar-refractivity contribution in [2.45, 2.75) is 77.4 Å². The number of piperidine rings is 1. The number of fused-ring (bicyclic) bond motifs is 2. The Hall–Kier alpha value is -0.0800. The fourth-order valence-electron chi connectivity index (χ4n) is 4.81. The summed E-state index contributed by atoms with van der Waals surface area (Å²) in [5, 5.41) is 4.10. The Bertz CT molecular complexity index is 288. The van der Waals surface area contributed by atoms with Gasteiger partial charge < -0.3 is 10.2 Å². The second-order valence-electron chi connectivity index (χ2n) is 7.71. The Morgan fingerprint density at radius 2 is 1.58 bits per heavy atom. The molecule has 2 bridgehead atoms. The summed E-state index contributed by atoms with van der Waals surface area (Å²) in [6.07, 6.45) is 8.69. The zero-order valence-electron chi connectivity index (χ0n) is 13.1. The van der Waals surface area contributed by atoms with Crippen molar-refractivity contribution in [3.63, 3.8) is 0 Å². The van der Waals surface area contributed by atoms with Gasteiger partial charge in [0, 0.05) is 31.2 Å². The molecule has 1 heterocycles. The lowest BCUT2D eigenvalue weighted by molar-refractivity contribution is 0.0233. The average molecular weight is 264 g/mol. The smallest absolute Gasteiger partial charge is 0.0151 e. The average Bonchev–Trinajstić information content (AvgIpc) is 2.74. The third-order valence-corrected chi connectivity index (χ3v) is 6.10. The van der Waals surface area contributed by atoms with E-state index in [4.69, 9.17) is 0 Å². The highest BCUT2D eigenvalue weighted by Gasteiger charge is 2.41. The fraction of sp³-hybridized carbons (Fsp3) is 1.00. The third kappa shape index (κ3) is 2.85. The van der Waals surface area contributed by atoms with Gasteiger partial charge in [-0.2, -0.15) is 0 Å². The molecule has 4 unspecified atom stereocenters. The summed E-state index contributed by atoms with van der Waals surface area (Å²) in [7, 11) is 0. The van der Waals surface area contributed by atoms with Crippen LogP contribution >= 0.6 is 0 Å². The van der Waals surface area contributed by atoms with Gasteiger partial charge in [-0.15, -0.1) is 0 Å². The summed E-state index contributed by atoms with van der Waals surface area (Å²) < 4.78 is 0. The second-order valence-corrected chi connectivity index (χ2v) is 7.71. The van der Waals surface area contributed by atoms with Gasteiger partial charge in [-0.25, -0.2) is 0 Å². The molecule has 110 valence electrons. The summed E-state index contributed by atoms with van der Waals surface area (Å²) in [6, 6.07) is 2.38. The van der Waals surface area contributed by atoms with Crippen molar-refractivity contribution in [2.75, 3.05) is 13.1 Å². The normalized spacial score (nSPS) is 43.9. The SMILES string of the molecule is CC1CCCC1NC1C2CCCC1CN(C(C)C)C2. The Morgan fingerprint density at radius 3 is 2.11 bits per heavy atom. The molecular formula is C17H32N2. The molecule has 0 amide bonds. The topological polar surface area (TPSA) is 15.3 Å². The first kappa shape index (κ1) is 13.9. The highest BCUT2D eigenvalue weighted by atomic mass is 15.2. The van der Waals surface area contributed by atoms with Crippen LogP contribution in [0.5, 0.6) is 0 Å². The molecule has 2 nitrogen and oxygen atoms in total. The highest BCUT2D eigenvalue weighted by molar-refractivity contribution is 4.98. The van der Waals surface area contributed by atoms with E-state index in [-0.39, 0.29) is 0 Å². The maximum absolute atomic E-state index is 4.10. The summed E-state index contributed by atoms with van der Waals surface area (Å²) >= 11 is 0. The number of likely N-dealkylation sites (tertiary alicyclic amines) is 1. The first-order valence-electron chi connectivity index (χ1n) is 8.65. The molecule has 1 saturated heterocycles. The molecule has 3 fully saturated rings. The predicted octanol–water partition coefficient (Wildman–Crippen LogP) is 3.27. The number of nitrogens with one attached hydrogen (secondary N) is 1. The van der Waals surface area contributed by atoms with Crippen molar-refractivity contribution in [2.24, 2.45) is 17.8 Å². The van der Waals surface area contributed by atoms with Crippen LogP contribution in [0.1, 0.15) is 59.3 Å². The molecule has 3 aliphatic rings. The van der Waals surface area contributed by atoms with Crippen LogP contribution in [0, 0.1) is 17.8 Å². The maximum Gasteiger partial charge on any atom is 0.0151 e. The Morgan fingerprint density at radius 1 is 0.947 bits per heavy atom. The summed E-state index contributed by atoms with van der Waals surface area (Å²) in [4.78, 5) is 2.73. The fourth-order valence-corrected chi connectivity index (χ4v) is 4.81. The number of rotatable bonds is 3. The van der Waals surface area contributed by atoms with Gasteiger partial charge in [-0.3, -0.25) is 0 Å². The summed E-state index contributed by atoms with van der Waals surface area (Å²) in [5.41, 5.74) is 0. The van der Waals surface area contributed by atoms with Crippen LogP contribution in [0.2, 0.25) is 0 Å². The summed E-state index contributed by atoms with van der Waals surface area (Å²) in [6.45, 7) is 9.86. The molecule has 2 aliphatic carbocycles. The van der Waals surface area contributed by atoms with E-state index < -0.39 is 0 Å². The van der Waals surface area contributed by atoms with Crippen LogP contribution in [0.4, 0.5) is 0 Å². The van der Waals surface area contributed by atoms with Crippen molar-refractivity contribution >= 4 is 0 Å². The molecule has 1 N–H and O–H groups in total. The molecule has 0 radical (unpaired) electrons. The van der Waals surface area contributed by atoms with Crippen molar-refractivity contribution in [1.29, 1.82) is 0 Å². The predicted molar refractivity (Wildman–Crippen MR) is 81.3 cm³/mol. The molecular weight excluding hydrogens is 232 g/mol. The van der Waals surface area contributed by atoms with Gasteiger partial charge in [0.05, 0.1) is 0 Å². The first-order chi connectivity index (χ1) is 9.15. The lowest BCUT2D eigenvalue weighted by Gasteiger charge is -2.50. The highest BCUT2D eigenvalue weighted by Crippen LogP contribution is 2.37. The van der Waals surface area contributed by atoms with E-state index in [1.54, 1.807) is 0 Å². The van der Waals surface area contributed by atoms with Crippen molar-refractivity contribution in [1.82, 2.24) is 10.2 Å². The quantitative estimate of drug-likeness (QED) is 0.841. The minimum Gasteiger partial charge on any atom is -0.310 e. The van der Waals surface area contributed by atoms with E-state index in [1.165, 1.54) is 51.6 Å². The van der Waals surface area contributed by atoms with Gasteiger partial charge >= 0.3 is 0 Å². The monoisotopic (exact) mass is 264 g/mol. The Kier molecular flexibility index (Phi) is 4.19. The Balaban J connectivity index is 1.65. The molecule has 1 aliphatic heterocycles. The molecule has 0 spiro atoms. The minimum atomic E-state index is 0.731. The zero-order chi connectivity index (χ0) is 13.4. The van der Waals surface area contributed by atoms with E-state index in [0.29, 0.717) is 0 Å². The number of nitrogens with zero attached hydrogens (tertiary/aromatic N) is 1. The van der Waals surface area contributed by atoms with Crippen LogP contribution in [0.15, 0.2) is 0 Å². The number of hydrogen-bond acceptors (Lipinski definition) is 2. The van der Waals surface area contributed by atoms with Gasteiger partial charge in [0.2, 0.25) is 0 Å². The summed E-state index contributed by atoms with van der Waals surface area (Å²) in [5.74, 6) is 2.74. The molecule has 19 heavy (non-hydrogen) atoms. The third-order valence-electron chi connectivity index (χ3n) is 6.10. The van der Waals surface area contributed by atoms with Crippen molar-refractivity contribution < 1.29 is 0 Å². The largest absolute Gasteiger partial charge is 0.310 e. The molecule has 3 rings (SSSR count). The first-order valence-corrected chi connectivity index (χ1v) is 8.65. The van der Waals surface area contributed by atoms with Gasteiger partial charge in [0.25, 0.3) is 0 Å². The molecule has 2 saturated carbocycles. The van der Waals surface area contributed by atoms with Crippen LogP contribution in [-0.2, 0) is 0 Å². The zero-order valence-corrected chi connectivity index (χ0v) is 13.1. The molecule has 0 aromatic carbocycles. The van der Waals surface area contributed by atoms with E-state index in [1.807, 2.05) is 0 Å². The second kappa shape index (κ2) is 5.73. The van der Waals surface area contributed by atoms with Crippen molar-refractivity contribution in [3.8, 4) is 0 Å². The minimum absolute atomic E-state index is 0.731. The van der Waals surface area contributed by atoms with E-state index in [2.05, 4.69) is 31.0 Å². The van der Waals surface area contributed by atoms with Gasteiger partial charge in [0.1, 0.15) is 0 Å². The number of hydrogen-bond donors (Lipinski definition) is 1. The lowest BCUT2D eigenvalue weighted by Crippen LogP contribution is -2.60. The van der Waals surface area contributed by atoms with Crippen molar-refractivity contribution in [3.05, 3.63) is 0 Å². The van der Waals surface area contributed by atoms with Crippen LogP contribution < -0.4 is 5.32 Å². The van der Waals surface area contributed by atoms with Gasteiger partial charge in [-0.1, -0.05) is 19.8 Å². The van der Waals surface area contributed by atoms with E-state index in [0.717, 1.165) is 35.9 Å². The van der Waals surface area contributed by atoms with Crippen LogP contribution in [-0.4, -0.2) is 36.1 Å². The molecule has 4 atom stereocenters. The van der Waals surface area contributed by atoms with Crippen LogP contribution in [0.25, 0.3) is 0 Å². The molecule has 2 heteroatoms. The Labute approximate surface area is 119 Å². The van der Waals surface area contributed by atoms with E-state index >= 15 is 0 Å². The maximum atomic E-state index is 4.10. The van der Waals surface area contributed by atoms with E-state index in [9.17, 15) is 0 Å². The lowest BCUT2D eigenvalue weighted by atomic mass is 9.72.